The van der Waals surface area contributed by atoms with E-state index in [0.717, 1.165) is 37.9 Å². The number of rotatable bonds is 5. The average molecular weight is 305 g/mol. The molecule has 0 spiro atoms. The lowest BCUT2D eigenvalue weighted by Crippen LogP contribution is -2.24. The maximum Gasteiger partial charge on any atom is 0.416 e. The number of benzene rings is 1. The maximum atomic E-state index is 12.6. The van der Waals surface area contributed by atoms with Crippen molar-refractivity contribution in [1.29, 1.82) is 0 Å². The van der Waals surface area contributed by atoms with Gasteiger partial charge in [-0.25, -0.2) is 0 Å². The summed E-state index contributed by atoms with van der Waals surface area (Å²) in [5.41, 5.74) is -0.594. The van der Waals surface area contributed by atoms with E-state index >= 15 is 0 Å². The molecule has 1 saturated heterocycles. The van der Waals surface area contributed by atoms with Crippen LogP contribution >= 0.6 is 11.8 Å². The predicted molar refractivity (Wildman–Crippen MR) is 73.8 cm³/mol. The molecule has 0 radical (unpaired) electrons. The van der Waals surface area contributed by atoms with Gasteiger partial charge < -0.3 is 10.0 Å². The molecule has 1 aliphatic heterocycles. The number of hydrogen-bond acceptors (Lipinski definition) is 3. The Morgan fingerprint density at radius 1 is 1.35 bits per heavy atom. The summed E-state index contributed by atoms with van der Waals surface area (Å²) in [6.07, 6.45) is -3.27. The number of likely N-dealkylation sites (tertiary alicyclic amines) is 1. The number of hydrogen-bond donors (Lipinski definition) is 1. The summed E-state index contributed by atoms with van der Waals surface area (Å²) in [5.74, 6) is 1.12. The Hall–Kier alpha value is -0.720. The van der Waals surface area contributed by atoms with Crippen molar-refractivity contribution < 1.29 is 18.3 Å². The van der Waals surface area contributed by atoms with Crippen LogP contribution in [-0.4, -0.2) is 42.0 Å². The minimum atomic E-state index is -4.28. The molecular weight excluding hydrogens is 287 g/mol. The zero-order valence-corrected chi connectivity index (χ0v) is 11.9. The number of alkyl halides is 3. The van der Waals surface area contributed by atoms with Gasteiger partial charge in [-0.2, -0.15) is 13.2 Å². The highest BCUT2D eigenvalue weighted by Crippen LogP contribution is 2.31. The molecule has 1 heterocycles. The van der Waals surface area contributed by atoms with Crippen LogP contribution in [0.5, 0.6) is 0 Å². The second-order valence-electron chi connectivity index (χ2n) is 5.01. The van der Waals surface area contributed by atoms with Gasteiger partial charge in [-0.3, -0.25) is 0 Å². The Kier molecular flexibility index (Phi) is 5.35. The molecule has 0 amide bonds. The van der Waals surface area contributed by atoms with Crippen LogP contribution < -0.4 is 0 Å². The third kappa shape index (κ3) is 4.40. The highest BCUT2D eigenvalue weighted by molar-refractivity contribution is 7.99. The summed E-state index contributed by atoms with van der Waals surface area (Å²) >= 11 is 1.44. The lowest BCUT2D eigenvalue weighted by molar-refractivity contribution is -0.137. The maximum absolute atomic E-state index is 12.6. The highest BCUT2D eigenvalue weighted by atomic mass is 32.2. The van der Waals surface area contributed by atoms with Gasteiger partial charge in [-0.05, 0) is 37.1 Å². The summed E-state index contributed by atoms with van der Waals surface area (Å²) < 4.78 is 37.7. The molecule has 1 fully saturated rings. The average Bonchev–Trinajstić information content (AvgIpc) is 2.86. The van der Waals surface area contributed by atoms with E-state index in [1.54, 1.807) is 6.07 Å². The number of aliphatic hydroxyl groups excluding tert-OH is 1. The van der Waals surface area contributed by atoms with Crippen LogP contribution in [0.3, 0.4) is 0 Å². The largest absolute Gasteiger partial charge is 0.416 e. The lowest BCUT2D eigenvalue weighted by Gasteiger charge is -2.15. The quantitative estimate of drug-likeness (QED) is 0.846. The van der Waals surface area contributed by atoms with Gasteiger partial charge >= 0.3 is 6.18 Å². The fourth-order valence-electron chi connectivity index (χ4n) is 2.32. The standard InChI is InChI=1S/C14H18F3NOS/c15-14(16,17)12-2-1-3-13(8-12)20-7-6-18-5-4-11(9-18)10-19/h1-3,8,11,19H,4-7,9-10H2. The summed E-state index contributed by atoms with van der Waals surface area (Å²) in [7, 11) is 0. The van der Waals surface area contributed by atoms with Crippen molar-refractivity contribution >= 4 is 11.8 Å². The van der Waals surface area contributed by atoms with Gasteiger partial charge in [0.1, 0.15) is 0 Å². The molecular formula is C14H18F3NOS. The molecule has 0 bridgehead atoms. The zero-order chi connectivity index (χ0) is 14.6. The first-order chi connectivity index (χ1) is 9.49. The van der Waals surface area contributed by atoms with E-state index in [0.29, 0.717) is 10.8 Å². The smallest absolute Gasteiger partial charge is 0.396 e. The fraction of sp³-hybridized carbons (Fsp3) is 0.571. The minimum absolute atomic E-state index is 0.220. The molecule has 2 rings (SSSR count). The topological polar surface area (TPSA) is 23.5 Å². The van der Waals surface area contributed by atoms with Crippen molar-refractivity contribution in [2.45, 2.75) is 17.5 Å². The van der Waals surface area contributed by atoms with E-state index in [1.165, 1.54) is 23.9 Å². The first-order valence-corrected chi connectivity index (χ1v) is 7.61. The third-order valence-electron chi connectivity index (χ3n) is 3.47. The van der Waals surface area contributed by atoms with Crippen LogP contribution in [0.2, 0.25) is 0 Å². The van der Waals surface area contributed by atoms with Gasteiger partial charge in [0.05, 0.1) is 5.56 Å². The second kappa shape index (κ2) is 6.83. The summed E-state index contributed by atoms with van der Waals surface area (Å²) in [4.78, 5) is 2.90. The fourth-order valence-corrected chi connectivity index (χ4v) is 3.29. The molecule has 0 aliphatic carbocycles. The van der Waals surface area contributed by atoms with Crippen molar-refractivity contribution in [3.8, 4) is 0 Å². The zero-order valence-electron chi connectivity index (χ0n) is 11.1. The predicted octanol–water partition coefficient (Wildman–Crippen LogP) is 3.11. The third-order valence-corrected chi connectivity index (χ3v) is 4.44. The van der Waals surface area contributed by atoms with E-state index in [4.69, 9.17) is 5.11 Å². The normalized spacial score (nSPS) is 20.5. The number of thioether (sulfide) groups is 1. The van der Waals surface area contributed by atoms with E-state index in [2.05, 4.69) is 4.90 Å². The summed E-state index contributed by atoms with van der Waals surface area (Å²) in [6, 6.07) is 5.45. The molecule has 1 aromatic rings. The molecule has 1 aromatic carbocycles. The van der Waals surface area contributed by atoms with Gasteiger partial charge in [0.25, 0.3) is 0 Å². The number of nitrogens with zero attached hydrogens (tertiary/aromatic N) is 1. The molecule has 2 nitrogen and oxygen atoms in total. The van der Waals surface area contributed by atoms with Gasteiger partial charge in [0, 0.05) is 30.3 Å². The molecule has 1 aliphatic rings. The second-order valence-corrected chi connectivity index (χ2v) is 6.18. The molecule has 1 unspecified atom stereocenters. The Morgan fingerprint density at radius 3 is 2.80 bits per heavy atom. The Balaban J connectivity index is 1.80. The first-order valence-electron chi connectivity index (χ1n) is 6.62. The van der Waals surface area contributed by atoms with E-state index in [9.17, 15) is 13.2 Å². The van der Waals surface area contributed by atoms with Crippen LogP contribution in [0.4, 0.5) is 13.2 Å². The Labute approximate surface area is 121 Å². The van der Waals surface area contributed by atoms with E-state index in [1.807, 2.05) is 0 Å². The molecule has 1 atom stereocenters. The monoisotopic (exact) mass is 305 g/mol. The van der Waals surface area contributed by atoms with Crippen molar-refractivity contribution in [3.05, 3.63) is 29.8 Å². The van der Waals surface area contributed by atoms with Crippen molar-refractivity contribution in [2.75, 3.05) is 32.0 Å². The van der Waals surface area contributed by atoms with Crippen LogP contribution in [0, 0.1) is 5.92 Å². The van der Waals surface area contributed by atoms with Gasteiger partial charge in [-0.1, -0.05) is 6.07 Å². The van der Waals surface area contributed by atoms with Gasteiger partial charge in [0.2, 0.25) is 0 Å². The minimum Gasteiger partial charge on any atom is -0.396 e. The Morgan fingerprint density at radius 2 is 2.15 bits per heavy atom. The molecule has 20 heavy (non-hydrogen) atoms. The van der Waals surface area contributed by atoms with E-state index in [-0.39, 0.29) is 6.61 Å². The molecule has 1 N–H and O–H groups in total. The molecule has 0 aromatic heterocycles. The van der Waals surface area contributed by atoms with Crippen LogP contribution in [0.25, 0.3) is 0 Å². The van der Waals surface area contributed by atoms with Crippen molar-refractivity contribution in [3.63, 3.8) is 0 Å². The van der Waals surface area contributed by atoms with E-state index < -0.39 is 11.7 Å². The Bertz CT molecular complexity index is 439. The van der Waals surface area contributed by atoms with Crippen molar-refractivity contribution in [1.82, 2.24) is 4.90 Å². The first kappa shape index (κ1) is 15.7. The molecule has 0 saturated carbocycles. The number of aliphatic hydroxyl groups is 1. The van der Waals surface area contributed by atoms with Crippen LogP contribution in [0.15, 0.2) is 29.2 Å². The summed E-state index contributed by atoms with van der Waals surface area (Å²) in [6.45, 7) is 2.92. The van der Waals surface area contributed by atoms with Gasteiger partial charge in [-0.15, -0.1) is 11.8 Å². The number of halogens is 3. The van der Waals surface area contributed by atoms with Crippen LogP contribution in [-0.2, 0) is 6.18 Å². The van der Waals surface area contributed by atoms with Crippen LogP contribution in [0.1, 0.15) is 12.0 Å². The SMILES string of the molecule is OCC1CCN(CCSc2cccc(C(F)(F)F)c2)C1. The van der Waals surface area contributed by atoms with Gasteiger partial charge in [0.15, 0.2) is 0 Å². The summed E-state index contributed by atoms with van der Waals surface area (Å²) in [5, 5.41) is 9.06. The van der Waals surface area contributed by atoms with Crippen molar-refractivity contribution in [2.24, 2.45) is 5.92 Å². The highest BCUT2D eigenvalue weighted by Gasteiger charge is 2.30. The lowest BCUT2D eigenvalue weighted by atomic mass is 10.1. The molecule has 112 valence electrons. The molecule has 6 heteroatoms.